The molecule has 0 radical (unpaired) electrons. The molecule has 6 nitrogen and oxygen atoms in total. The van der Waals surface area contributed by atoms with E-state index in [1.807, 2.05) is 63.2 Å². The maximum absolute atomic E-state index is 13.7. The SMILES string of the molecule is CCCOC(=O)C1=C(C)NC2=C(C(=O)C[C@H](c3ccc(OC)c(OC)c3)C2)[C@@H]1c1ccccc1C. The van der Waals surface area contributed by atoms with Crippen LogP contribution >= 0.6 is 0 Å². The van der Waals surface area contributed by atoms with Gasteiger partial charge in [0.05, 0.1) is 26.4 Å². The summed E-state index contributed by atoms with van der Waals surface area (Å²) in [6, 6.07) is 13.7. The molecule has 1 aliphatic carbocycles. The Morgan fingerprint density at radius 3 is 2.46 bits per heavy atom. The number of Topliss-reactive ketones (excluding diaryl/α,β-unsaturated/α-hetero) is 1. The summed E-state index contributed by atoms with van der Waals surface area (Å²) in [7, 11) is 3.21. The average molecular weight is 476 g/mol. The largest absolute Gasteiger partial charge is 0.493 e. The van der Waals surface area contributed by atoms with Gasteiger partial charge in [-0.3, -0.25) is 4.79 Å². The molecule has 0 unspecified atom stereocenters. The van der Waals surface area contributed by atoms with Crippen LogP contribution in [0.25, 0.3) is 0 Å². The molecule has 35 heavy (non-hydrogen) atoms. The molecule has 2 atom stereocenters. The van der Waals surface area contributed by atoms with Crippen molar-refractivity contribution >= 4 is 11.8 Å². The van der Waals surface area contributed by atoms with Crippen molar-refractivity contribution in [3.05, 3.63) is 81.7 Å². The van der Waals surface area contributed by atoms with Gasteiger partial charge in [0.25, 0.3) is 0 Å². The van der Waals surface area contributed by atoms with E-state index in [9.17, 15) is 9.59 Å². The minimum Gasteiger partial charge on any atom is -0.493 e. The maximum atomic E-state index is 13.7. The first kappa shape index (κ1) is 24.6. The number of allylic oxidation sites excluding steroid dienone is 3. The van der Waals surface area contributed by atoms with Crippen LogP contribution in [0, 0.1) is 6.92 Å². The Morgan fingerprint density at radius 2 is 1.77 bits per heavy atom. The Labute approximate surface area is 207 Å². The summed E-state index contributed by atoms with van der Waals surface area (Å²) < 4.78 is 16.4. The van der Waals surface area contributed by atoms with E-state index in [2.05, 4.69) is 5.32 Å². The van der Waals surface area contributed by atoms with E-state index in [0.717, 1.165) is 34.5 Å². The van der Waals surface area contributed by atoms with Crippen LogP contribution in [0.4, 0.5) is 0 Å². The van der Waals surface area contributed by atoms with Gasteiger partial charge in [-0.1, -0.05) is 37.3 Å². The Morgan fingerprint density at radius 1 is 1.03 bits per heavy atom. The summed E-state index contributed by atoms with van der Waals surface area (Å²) in [5.41, 5.74) is 5.82. The molecule has 6 heteroatoms. The van der Waals surface area contributed by atoms with Crippen molar-refractivity contribution < 1.29 is 23.8 Å². The molecule has 1 aliphatic heterocycles. The summed E-state index contributed by atoms with van der Waals surface area (Å²) >= 11 is 0. The Hall–Kier alpha value is -3.54. The highest BCUT2D eigenvalue weighted by molar-refractivity contribution is 6.04. The summed E-state index contributed by atoms with van der Waals surface area (Å²) in [5.74, 6) is 0.515. The van der Waals surface area contributed by atoms with Crippen LogP contribution < -0.4 is 14.8 Å². The molecule has 1 heterocycles. The number of hydrogen-bond donors (Lipinski definition) is 1. The van der Waals surface area contributed by atoms with Crippen LogP contribution in [0.5, 0.6) is 11.5 Å². The number of aryl methyl sites for hydroxylation is 1. The van der Waals surface area contributed by atoms with Gasteiger partial charge in [-0.15, -0.1) is 0 Å². The molecule has 2 aromatic rings. The van der Waals surface area contributed by atoms with Crippen molar-refractivity contribution in [3.8, 4) is 11.5 Å². The molecule has 2 aliphatic rings. The van der Waals surface area contributed by atoms with Crippen molar-refractivity contribution in [2.75, 3.05) is 20.8 Å². The first-order valence-electron chi connectivity index (χ1n) is 12.1. The smallest absolute Gasteiger partial charge is 0.336 e. The second-order valence-corrected chi connectivity index (χ2v) is 9.12. The van der Waals surface area contributed by atoms with E-state index in [1.165, 1.54) is 0 Å². The zero-order chi connectivity index (χ0) is 25.1. The average Bonchev–Trinajstić information content (AvgIpc) is 2.86. The van der Waals surface area contributed by atoms with Crippen molar-refractivity contribution in [3.63, 3.8) is 0 Å². The lowest BCUT2D eigenvalue weighted by molar-refractivity contribution is -0.139. The van der Waals surface area contributed by atoms with Crippen molar-refractivity contribution in [1.29, 1.82) is 0 Å². The van der Waals surface area contributed by atoms with E-state index >= 15 is 0 Å². The molecule has 0 fully saturated rings. The highest BCUT2D eigenvalue weighted by Gasteiger charge is 2.41. The number of esters is 1. The minimum atomic E-state index is -0.448. The summed E-state index contributed by atoms with van der Waals surface area (Å²) in [6.45, 7) is 6.22. The highest BCUT2D eigenvalue weighted by Crippen LogP contribution is 2.47. The molecule has 0 amide bonds. The second-order valence-electron chi connectivity index (χ2n) is 9.12. The van der Waals surface area contributed by atoms with Gasteiger partial charge < -0.3 is 19.5 Å². The van der Waals surface area contributed by atoms with Crippen LogP contribution in [-0.2, 0) is 14.3 Å². The summed E-state index contributed by atoms with van der Waals surface area (Å²) in [5, 5.41) is 3.41. The van der Waals surface area contributed by atoms with Crippen molar-refractivity contribution in [2.45, 2.75) is 51.9 Å². The topological polar surface area (TPSA) is 73.9 Å². The maximum Gasteiger partial charge on any atom is 0.336 e. The van der Waals surface area contributed by atoms with E-state index in [0.29, 0.717) is 42.1 Å². The third-order valence-electron chi connectivity index (χ3n) is 6.86. The van der Waals surface area contributed by atoms with E-state index in [4.69, 9.17) is 14.2 Å². The minimum absolute atomic E-state index is 0.00697. The number of ketones is 1. The Kier molecular flexibility index (Phi) is 7.29. The zero-order valence-corrected chi connectivity index (χ0v) is 21.1. The molecular weight excluding hydrogens is 442 g/mol. The number of benzene rings is 2. The fourth-order valence-corrected chi connectivity index (χ4v) is 5.15. The van der Waals surface area contributed by atoms with Gasteiger partial charge in [0.15, 0.2) is 17.3 Å². The predicted octanol–water partition coefficient (Wildman–Crippen LogP) is 5.33. The first-order chi connectivity index (χ1) is 16.9. The number of methoxy groups -OCH3 is 2. The van der Waals surface area contributed by atoms with E-state index < -0.39 is 5.92 Å². The molecular formula is C29H33NO5. The molecule has 0 aromatic heterocycles. The number of rotatable bonds is 7. The first-order valence-corrected chi connectivity index (χ1v) is 12.1. The normalized spacial score (nSPS) is 19.7. The van der Waals surface area contributed by atoms with Gasteiger partial charge in [0, 0.05) is 29.3 Å². The third-order valence-corrected chi connectivity index (χ3v) is 6.86. The Balaban J connectivity index is 1.77. The lowest BCUT2D eigenvalue weighted by atomic mass is 9.71. The zero-order valence-electron chi connectivity index (χ0n) is 21.1. The molecule has 0 bridgehead atoms. The van der Waals surface area contributed by atoms with Crippen LogP contribution in [0.15, 0.2) is 65.0 Å². The molecule has 0 saturated heterocycles. The second kappa shape index (κ2) is 10.4. The molecule has 4 rings (SSSR count). The summed E-state index contributed by atoms with van der Waals surface area (Å²) in [4.78, 5) is 26.9. The monoisotopic (exact) mass is 475 g/mol. The van der Waals surface area contributed by atoms with E-state index in [1.54, 1.807) is 14.2 Å². The van der Waals surface area contributed by atoms with Crippen LogP contribution in [-0.4, -0.2) is 32.6 Å². The quantitative estimate of drug-likeness (QED) is 0.546. The lowest BCUT2D eigenvalue weighted by Crippen LogP contribution is -2.36. The summed E-state index contributed by atoms with van der Waals surface area (Å²) in [6.07, 6.45) is 1.75. The van der Waals surface area contributed by atoms with Crippen LogP contribution in [0.2, 0.25) is 0 Å². The van der Waals surface area contributed by atoms with Gasteiger partial charge in [0.2, 0.25) is 0 Å². The van der Waals surface area contributed by atoms with E-state index in [-0.39, 0.29) is 17.7 Å². The van der Waals surface area contributed by atoms with Gasteiger partial charge in [-0.2, -0.15) is 0 Å². The van der Waals surface area contributed by atoms with Gasteiger partial charge in [-0.05, 0) is 61.4 Å². The van der Waals surface area contributed by atoms with Crippen molar-refractivity contribution in [2.24, 2.45) is 0 Å². The number of dihydropyridines is 1. The standard InChI is InChI=1S/C29H33NO5/c1-6-13-35-29(32)26-18(3)30-22-14-20(19-11-12-24(33-4)25(16-19)34-5)15-23(31)28(22)27(26)21-10-8-7-9-17(21)2/h7-12,16,20,27,30H,6,13-15H2,1-5H3/t20-,27-/m1/s1. The number of ether oxygens (including phenoxy) is 3. The number of hydrogen-bond acceptors (Lipinski definition) is 6. The van der Waals surface area contributed by atoms with Crippen LogP contribution in [0.3, 0.4) is 0 Å². The van der Waals surface area contributed by atoms with Crippen molar-refractivity contribution in [1.82, 2.24) is 5.32 Å². The molecule has 2 aromatic carbocycles. The fraction of sp³-hybridized carbons (Fsp3) is 0.379. The third kappa shape index (κ3) is 4.70. The molecule has 0 saturated carbocycles. The Bertz CT molecular complexity index is 1210. The molecule has 1 N–H and O–H groups in total. The van der Waals surface area contributed by atoms with Gasteiger partial charge >= 0.3 is 5.97 Å². The number of carbonyl (C=O) groups is 2. The predicted molar refractivity (Wildman–Crippen MR) is 135 cm³/mol. The number of carbonyl (C=O) groups excluding carboxylic acids is 2. The molecule has 0 spiro atoms. The molecule has 184 valence electrons. The highest BCUT2D eigenvalue weighted by atomic mass is 16.5. The lowest BCUT2D eigenvalue weighted by Gasteiger charge is -2.37. The van der Waals surface area contributed by atoms with Gasteiger partial charge in [0.1, 0.15) is 0 Å². The van der Waals surface area contributed by atoms with Gasteiger partial charge in [-0.25, -0.2) is 4.79 Å². The number of nitrogens with one attached hydrogen (secondary N) is 1. The van der Waals surface area contributed by atoms with Crippen LogP contribution in [0.1, 0.15) is 61.6 Å². The fourth-order valence-electron chi connectivity index (χ4n) is 5.15.